The third-order valence-electron chi connectivity index (χ3n) is 5.63. The number of carbonyl (C=O) groups excluding carboxylic acids is 2. The van der Waals surface area contributed by atoms with Crippen molar-refractivity contribution < 1.29 is 19.4 Å². The molecule has 150 valence electrons. The van der Waals surface area contributed by atoms with Crippen molar-refractivity contribution in [1.29, 1.82) is 0 Å². The molecule has 1 aliphatic rings. The second-order valence-electron chi connectivity index (χ2n) is 7.56. The Kier molecular flexibility index (Phi) is 5.09. The smallest absolute Gasteiger partial charge is 0.313 e. The van der Waals surface area contributed by atoms with Crippen molar-refractivity contribution in [2.45, 2.75) is 45.1 Å². The zero-order valence-corrected chi connectivity index (χ0v) is 17.1. The third kappa shape index (κ3) is 3.51. The minimum atomic E-state index is -0.562. The number of ether oxygens (including phenoxy) is 1. The molecule has 0 spiro atoms. The number of carbonyl (C=O) groups is 2. The van der Waals surface area contributed by atoms with E-state index in [2.05, 4.69) is 0 Å². The second kappa shape index (κ2) is 7.56. The molecular weight excluding hydrogens is 390 g/mol. The van der Waals surface area contributed by atoms with E-state index in [1.807, 2.05) is 6.92 Å². The lowest BCUT2D eigenvalue weighted by Crippen LogP contribution is -2.27. The van der Waals surface area contributed by atoms with E-state index in [9.17, 15) is 14.7 Å². The van der Waals surface area contributed by atoms with Gasteiger partial charge in [0.25, 0.3) is 5.91 Å². The predicted molar refractivity (Wildman–Crippen MR) is 112 cm³/mol. The molecular formula is C23H22ClNO4. The Hall–Kier alpha value is -2.79. The van der Waals surface area contributed by atoms with Crippen molar-refractivity contribution >= 4 is 34.4 Å². The van der Waals surface area contributed by atoms with Gasteiger partial charge in [-0.05, 0) is 75.1 Å². The molecule has 1 atom stereocenters. The average Bonchev–Trinajstić information content (AvgIpc) is 2.94. The number of rotatable bonds is 4. The van der Waals surface area contributed by atoms with Crippen LogP contribution in [0.15, 0.2) is 42.5 Å². The summed E-state index contributed by atoms with van der Waals surface area (Å²) in [7, 11) is 0. The number of hydrogen-bond acceptors (Lipinski definition) is 4. The maximum atomic E-state index is 13.3. The van der Waals surface area contributed by atoms with Crippen molar-refractivity contribution in [1.82, 2.24) is 4.57 Å². The highest BCUT2D eigenvalue weighted by Gasteiger charge is 2.30. The minimum absolute atomic E-state index is 0.0138. The summed E-state index contributed by atoms with van der Waals surface area (Å²) in [6.45, 7) is 3.59. The van der Waals surface area contributed by atoms with Gasteiger partial charge in [0.15, 0.2) is 0 Å². The van der Waals surface area contributed by atoms with Crippen LogP contribution in [0.5, 0.6) is 5.75 Å². The SMILES string of the molecule is Cc1c(C(C)C(=O)OC2CCC2)c2cc(O)ccc2n1C(=O)c1cccc(Cl)c1. The Morgan fingerprint density at radius 1 is 1.21 bits per heavy atom. The molecule has 0 amide bonds. The number of aromatic hydroxyl groups is 1. The number of esters is 1. The van der Waals surface area contributed by atoms with Crippen molar-refractivity contribution in [3.05, 3.63) is 64.3 Å². The second-order valence-corrected chi connectivity index (χ2v) is 8.00. The van der Waals surface area contributed by atoms with Crippen molar-refractivity contribution in [2.24, 2.45) is 0 Å². The van der Waals surface area contributed by atoms with Crippen LogP contribution in [0, 0.1) is 6.92 Å². The summed E-state index contributed by atoms with van der Waals surface area (Å²) in [4.78, 5) is 26.0. The van der Waals surface area contributed by atoms with Gasteiger partial charge in [0.2, 0.25) is 0 Å². The fourth-order valence-electron chi connectivity index (χ4n) is 3.86. The van der Waals surface area contributed by atoms with E-state index in [-0.39, 0.29) is 23.7 Å². The van der Waals surface area contributed by atoms with Crippen LogP contribution in [-0.4, -0.2) is 27.7 Å². The molecule has 1 fully saturated rings. The Balaban J connectivity index is 1.82. The van der Waals surface area contributed by atoms with Gasteiger partial charge >= 0.3 is 5.97 Å². The van der Waals surface area contributed by atoms with Gasteiger partial charge in [-0.1, -0.05) is 17.7 Å². The third-order valence-corrected chi connectivity index (χ3v) is 5.87. The van der Waals surface area contributed by atoms with Gasteiger partial charge in [0.05, 0.1) is 11.4 Å². The van der Waals surface area contributed by atoms with Crippen LogP contribution in [0.1, 0.15) is 53.7 Å². The molecule has 2 aromatic carbocycles. The van der Waals surface area contributed by atoms with Crippen LogP contribution < -0.4 is 0 Å². The Labute approximate surface area is 173 Å². The van der Waals surface area contributed by atoms with Crippen LogP contribution in [0.25, 0.3) is 10.9 Å². The Morgan fingerprint density at radius 2 is 1.97 bits per heavy atom. The molecule has 1 aliphatic carbocycles. The number of benzene rings is 2. The zero-order valence-electron chi connectivity index (χ0n) is 16.3. The van der Waals surface area contributed by atoms with Crippen molar-refractivity contribution in [3.63, 3.8) is 0 Å². The summed E-state index contributed by atoms with van der Waals surface area (Å²) in [5.41, 5.74) is 2.41. The van der Waals surface area contributed by atoms with E-state index < -0.39 is 5.92 Å². The van der Waals surface area contributed by atoms with Crippen LogP contribution in [0.2, 0.25) is 5.02 Å². The molecule has 0 bridgehead atoms. The monoisotopic (exact) mass is 411 g/mol. The van der Waals surface area contributed by atoms with E-state index in [1.165, 1.54) is 6.07 Å². The van der Waals surface area contributed by atoms with Crippen molar-refractivity contribution in [2.75, 3.05) is 0 Å². The highest BCUT2D eigenvalue weighted by molar-refractivity contribution is 6.31. The number of fused-ring (bicyclic) bond motifs is 1. The maximum absolute atomic E-state index is 13.3. The topological polar surface area (TPSA) is 68.5 Å². The van der Waals surface area contributed by atoms with Crippen LogP contribution >= 0.6 is 11.6 Å². The average molecular weight is 412 g/mol. The van der Waals surface area contributed by atoms with Gasteiger partial charge in [-0.25, -0.2) is 0 Å². The number of phenols is 1. The van der Waals surface area contributed by atoms with E-state index in [4.69, 9.17) is 16.3 Å². The van der Waals surface area contributed by atoms with E-state index >= 15 is 0 Å². The van der Waals surface area contributed by atoms with Crippen molar-refractivity contribution in [3.8, 4) is 5.75 Å². The van der Waals surface area contributed by atoms with Gasteiger partial charge in [-0.3, -0.25) is 14.2 Å². The summed E-state index contributed by atoms with van der Waals surface area (Å²) in [5, 5.41) is 11.2. The minimum Gasteiger partial charge on any atom is -0.508 e. The molecule has 1 N–H and O–H groups in total. The summed E-state index contributed by atoms with van der Waals surface area (Å²) in [6, 6.07) is 11.6. The van der Waals surface area contributed by atoms with Gasteiger partial charge in [-0.15, -0.1) is 0 Å². The fraction of sp³-hybridized carbons (Fsp3) is 0.304. The molecule has 0 aliphatic heterocycles. The standard InChI is InChI=1S/C23H22ClNO4/c1-13(23(28)29-18-7-4-8-18)21-14(2)25(20-10-9-17(26)12-19(20)21)22(27)15-5-3-6-16(24)11-15/h3,5-6,9-13,18,26H,4,7-8H2,1-2H3. The highest BCUT2D eigenvalue weighted by Crippen LogP contribution is 2.36. The van der Waals surface area contributed by atoms with Crippen LogP contribution in [-0.2, 0) is 9.53 Å². The summed E-state index contributed by atoms with van der Waals surface area (Å²) in [5.74, 6) is -1.04. The normalized spacial score (nSPS) is 15.1. The summed E-state index contributed by atoms with van der Waals surface area (Å²) < 4.78 is 7.17. The molecule has 6 heteroatoms. The van der Waals surface area contributed by atoms with Gasteiger partial charge in [0.1, 0.15) is 11.9 Å². The summed E-state index contributed by atoms with van der Waals surface area (Å²) >= 11 is 6.06. The molecule has 1 unspecified atom stereocenters. The molecule has 5 nitrogen and oxygen atoms in total. The summed E-state index contributed by atoms with van der Waals surface area (Å²) in [6.07, 6.45) is 2.85. The highest BCUT2D eigenvalue weighted by atomic mass is 35.5. The van der Waals surface area contributed by atoms with Crippen LogP contribution in [0.4, 0.5) is 0 Å². The predicted octanol–water partition coefficient (Wildman–Crippen LogP) is 5.20. The Bertz CT molecular complexity index is 1110. The quantitative estimate of drug-likeness (QED) is 0.599. The van der Waals surface area contributed by atoms with Crippen LogP contribution in [0.3, 0.4) is 0 Å². The molecule has 3 aromatic rings. The maximum Gasteiger partial charge on any atom is 0.313 e. The zero-order chi connectivity index (χ0) is 20.7. The first kappa shape index (κ1) is 19.5. The van der Waals surface area contributed by atoms with Gasteiger partial charge in [0, 0.05) is 21.7 Å². The number of aromatic nitrogens is 1. The number of phenolic OH excluding ortho intramolecular Hbond substituents is 1. The first-order valence-electron chi connectivity index (χ1n) is 9.71. The molecule has 1 heterocycles. The van der Waals surface area contributed by atoms with E-state index in [0.29, 0.717) is 32.7 Å². The lowest BCUT2D eigenvalue weighted by atomic mass is 9.94. The number of halogens is 1. The Morgan fingerprint density at radius 3 is 2.62 bits per heavy atom. The largest absolute Gasteiger partial charge is 0.508 e. The molecule has 1 aromatic heterocycles. The van der Waals surface area contributed by atoms with E-state index in [1.54, 1.807) is 47.9 Å². The molecule has 1 saturated carbocycles. The van der Waals surface area contributed by atoms with Gasteiger partial charge < -0.3 is 9.84 Å². The number of hydrogen-bond donors (Lipinski definition) is 1. The van der Waals surface area contributed by atoms with E-state index in [0.717, 1.165) is 19.3 Å². The lowest BCUT2D eigenvalue weighted by Gasteiger charge is -2.26. The molecule has 0 radical (unpaired) electrons. The first-order valence-corrected chi connectivity index (χ1v) is 10.1. The molecule has 4 rings (SSSR count). The van der Waals surface area contributed by atoms with Gasteiger partial charge in [-0.2, -0.15) is 0 Å². The molecule has 29 heavy (non-hydrogen) atoms. The molecule has 0 saturated heterocycles. The fourth-order valence-corrected chi connectivity index (χ4v) is 4.05. The first-order chi connectivity index (χ1) is 13.9. The number of nitrogens with zero attached hydrogens (tertiary/aromatic N) is 1. The lowest BCUT2D eigenvalue weighted by molar-refractivity contribution is -0.154.